The quantitative estimate of drug-likeness (QED) is 0.934. The van der Waals surface area contributed by atoms with Gasteiger partial charge in [-0.3, -0.25) is 4.79 Å². The number of aromatic nitrogens is 1. The van der Waals surface area contributed by atoms with Crippen molar-refractivity contribution in [2.45, 2.75) is 20.4 Å². The van der Waals surface area contributed by atoms with Gasteiger partial charge in [0.25, 0.3) is 5.91 Å². The number of carbonyl (C=O) groups excluding carboxylic acids is 1. The van der Waals surface area contributed by atoms with E-state index < -0.39 is 0 Å². The molecule has 1 amide bonds. The summed E-state index contributed by atoms with van der Waals surface area (Å²) in [5.74, 6) is 0.742. The first kappa shape index (κ1) is 13.5. The monoisotopic (exact) mass is 276 g/mol. The molecule has 0 saturated carbocycles. The van der Waals surface area contributed by atoms with Crippen molar-refractivity contribution in [1.29, 1.82) is 0 Å². The van der Waals surface area contributed by atoms with Gasteiger partial charge in [-0.05, 0) is 42.6 Å². The summed E-state index contributed by atoms with van der Waals surface area (Å²) in [5, 5.41) is 4.65. The lowest BCUT2D eigenvalue weighted by atomic mass is 10.1. The van der Waals surface area contributed by atoms with Crippen molar-refractivity contribution in [2.24, 2.45) is 0 Å². The Hall–Kier alpha value is -1.88. The highest BCUT2D eigenvalue weighted by Gasteiger charge is 2.10. The molecule has 1 heterocycles. The molecule has 0 radical (unpaired) electrons. The highest BCUT2D eigenvalue weighted by atomic mass is 32.1. The first-order valence-corrected chi connectivity index (χ1v) is 6.78. The predicted molar refractivity (Wildman–Crippen MR) is 75.8 cm³/mol. The van der Waals surface area contributed by atoms with Gasteiger partial charge in [0.05, 0.1) is 18.4 Å². The summed E-state index contributed by atoms with van der Waals surface area (Å²) in [6, 6.07) is 5.91. The molecule has 0 fully saturated rings. The molecule has 2 aromatic rings. The number of rotatable bonds is 4. The summed E-state index contributed by atoms with van der Waals surface area (Å²) < 4.78 is 9.36. The summed E-state index contributed by atoms with van der Waals surface area (Å²) in [5.41, 5.74) is 3.50. The average molecular weight is 276 g/mol. The van der Waals surface area contributed by atoms with Gasteiger partial charge < -0.3 is 10.1 Å². The fourth-order valence-electron chi connectivity index (χ4n) is 1.76. The Labute approximate surface area is 116 Å². The topological polar surface area (TPSA) is 51.2 Å². The number of hydrogen-bond acceptors (Lipinski definition) is 4. The molecule has 4 nitrogen and oxygen atoms in total. The second kappa shape index (κ2) is 5.84. The van der Waals surface area contributed by atoms with E-state index in [4.69, 9.17) is 4.74 Å². The fraction of sp³-hybridized carbons (Fsp3) is 0.286. The number of nitrogens with one attached hydrogen (secondary N) is 1. The number of nitrogens with zero attached hydrogens (tertiary/aromatic N) is 1. The second-order valence-electron chi connectivity index (χ2n) is 4.30. The molecule has 19 heavy (non-hydrogen) atoms. The molecule has 0 bridgehead atoms. The van der Waals surface area contributed by atoms with Crippen molar-refractivity contribution in [3.8, 4) is 5.75 Å². The molecular formula is C14H16N2O2S. The molecule has 0 aliphatic carbocycles. The van der Waals surface area contributed by atoms with Crippen molar-refractivity contribution in [3.63, 3.8) is 0 Å². The highest BCUT2D eigenvalue weighted by Crippen LogP contribution is 2.19. The van der Waals surface area contributed by atoms with E-state index in [1.165, 1.54) is 11.5 Å². The van der Waals surface area contributed by atoms with Crippen LogP contribution in [0.25, 0.3) is 0 Å². The maximum absolute atomic E-state index is 11.9. The SMILES string of the molecule is COc1cc(CNC(=O)c2csnc2C)ccc1C. The number of benzene rings is 1. The van der Waals surface area contributed by atoms with E-state index in [9.17, 15) is 4.79 Å². The molecule has 1 aromatic heterocycles. The summed E-state index contributed by atoms with van der Waals surface area (Å²) in [6.45, 7) is 4.30. The number of ether oxygens (including phenoxy) is 1. The van der Waals surface area contributed by atoms with Gasteiger partial charge in [0.2, 0.25) is 0 Å². The van der Waals surface area contributed by atoms with Crippen LogP contribution in [0.3, 0.4) is 0 Å². The Morgan fingerprint density at radius 3 is 2.84 bits per heavy atom. The maximum atomic E-state index is 11.9. The van der Waals surface area contributed by atoms with Gasteiger partial charge in [0, 0.05) is 11.9 Å². The van der Waals surface area contributed by atoms with Gasteiger partial charge in [-0.2, -0.15) is 4.37 Å². The molecule has 1 N–H and O–H groups in total. The molecule has 2 rings (SSSR count). The largest absolute Gasteiger partial charge is 0.496 e. The lowest BCUT2D eigenvalue weighted by Gasteiger charge is -2.08. The normalized spacial score (nSPS) is 10.3. The number of hydrogen-bond donors (Lipinski definition) is 1. The van der Waals surface area contributed by atoms with Gasteiger partial charge in [0.15, 0.2) is 0 Å². The van der Waals surface area contributed by atoms with Crippen LogP contribution >= 0.6 is 11.5 Å². The fourth-order valence-corrected chi connectivity index (χ4v) is 2.45. The Morgan fingerprint density at radius 1 is 1.42 bits per heavy atom. The zero-order chi connectivity index (χ0) is 13.8. The van der Waals surface area contributed by atoms with Gasteiger partial charge >= 0.3 is 0 Å². The first-order chi connectivity index (χ1) is 9.11. The zero-order valence-electron chi connectivity index (χ0n) is 11.2. The minimum atomic E-state index is -0.0919. The molecule has 100 valence electrons. The molecule has 0 atom stereocenters. The Balaban J connectivity index is 2.03. The molecule has 1 aromatic carbocycles. The van der Waals surface area contributed by atoms with E-state index in [1.807, 2.05) is 32.0 Å². The van der Waals surface area contributed by atoms with Gasteiger partial charge in [-0.25, -0.2) is 0 Å². The van der Waals surface area contributed by atoms with E-state index in [1.54, 1.807) is 12.5 Å². The molecule has 5 heteroatoms. The number of amides is 1. The standard InChI is InChI=1S/C14H16N2O2S/c1-9-4-5-11(6-13(9)18-3)7-15-14(17)12-8-19-16-10(12)2/h4-6,8H,7H2,1-3H3,(H,15,17). The maximum Gasteiger partial charge on any atom is 0.254 e. The van der Waals surface area contributed by atoms with Crippen LogP contribution in [-0.4, -0.2) is 17.4 Å². The minimum Gasteiger partial charge on any atom is -0.496 e. The molecule has 0 aliphatic rings. The Bertz CT molecular complexity index is 593. The van der Waals surface area contributed by atoms with E-state index in [2.05, 4.69) is 9.69 Å². The molecular weight excluding hydrogens is 260 g/mol. The van der Waals surface area contributed by atoms with E-state index in [0.29, 0.717) is 12.1 Å². The molecule has 0 saturated heterocycles. The average Bonchev–Trinajstić information content (AvgIpc) is 2.83. The first-order valence-electron chi connectivity index (χ1n) is 5.94. The lowest BCUT2D eigenvalue weighted by molar-refractivity contribution is 0.0950. The second-order valence-corrected chi connectivity index (χ2v) is 4.93. The minimum absolute atomic E-state index is 0.0919. The van der Waals surface area contributed by atoms with Gasteiger partial charge in [-0.15, -0.1) is 0 Å². The number of carbonyl (C=O) groups is 1. The van der Waals surface area contributed by atoms with Crippen molar-refractivity contribution >= 4 is 17.4 Å². The molecule has 0 aliphatic heterocycles. The molecule has 0 spiro atoms. The Kier molecular flexibility index (Phi) is 4.16. The van der Waals surface area contributed by atoms with Crippen molar-refractivity contribution < 1.29 is 9.53 Å². The van der Waals surface area contributed by atoms with Crippen molar-refractivity contribution in [3.05, 3.63) is 46.0 Å². The van der Waals surface area contributed by atoms with E-state index in [-0.39, 0.29) is 5.91 Å². The van der Waals surface area contributed by atoms with Gasteiger partial charge in [0.1, 0.15) is 5.75 Å². The Morgan fingerprint density at radius 2 is 2.21 bits per heavy atom. The van der Waals surface area contributed by atoms with Crippen LogP contribution in [0.2, 0.25) is 0 Å². The highest BCUT2D eigenvalue weighted by molar-refractivity contribution is 7.03. The third-order valence-corrected chi connectivity index (χ3v) is 3.64. The number of methoxy groups -OCH3 is 1. The van der Waals surface area contributed by atoms with E-state index in [0.717, 1.165) is 22.6 Å². The van der Waals surface area contributed by atoms with Crippen LogP contribution in [0, 0.1) is 13.8 Å². The predicted octanol–water partition coefficient (Wildman–Crippen LogP) is 2.70. The lowest BCUT2D eigenvalue weighted by Crippen LogP contribution is -2.23. The van der Waals surface area contributed by atoms with Crippen LogP contribution in [-0.2, 0) is 6.54 Å². The summed E-state index contributed by atoms with van der Waals surface area (Å²) in [6.07, 6.45) is 0. The van der Waals surface area contributed by atoms with Crippen LogP contribution in [0.1, 0.15) is 27.2 Å². The van der Waals surface area contributed by atoms with E-state index >= 15 is 0 Å². The summed E-state index contributed by atoms with van der Waals surface area (Å²) >= 11 is 1.29. The summed E-state index contributed by atoms with van der Waals surface area (Å²) in [4.78, 5) is 11.9. The van der Waals surface area contributed by atoms with Crippen molar-refractivity contribution in [1.82, 2.24) is 9.69 Å². The third kappa shape index (κ3) is 3.12. The van der Waals surface area contributed by atoms with Crippen molar-refractivity contribution in [2.75, 3.05) is 7.11 Å². The smallest absolute Gasteiger partial charge is 0.254 e. The molecule has 0 unspecified atom stereocenters. The zero-order valence-corrected chi connectivity index (χ0v) is 12.0. The van der Waals surface area contributed by atoms with Crippen LogP contribution in [0.5, 0.6) is 5.75 Å². The third-order valence-electron chi connectivity index (χ3n) is 2.92. The number of aryl methyl sites for hydroxylation is 2. The summed E-state index contributed by atoms with van der Waals surface area (Å²) in [7, 11) is 1.64. The van der Waals surface area contributed by atoms with Crippen LogP contribution in [0.4, 0.5) is 0 Å². The van der Waals surface area contributed by atoms with Crippen LogP contribution in [0.15, 0.2) is 23.6 Å². The van der Waals surface area contributed by atoms with Crippen LogP contribution < -0.4 is 10.1 Å². The van der Waals surface area contributed by atoms with Gasteiger partial charge in [-0.1, -0.05) is 12.1 Å².